The van der Waals surface area contributed by atoms with Crippen LogP contribution in [0.5, 0.6) is 0 Å². The van der Waals surface area contributed by atoms with Crippen molar-refractivity contribution < 1.29 is 13.9 Å². The van der Waals surface area contributed by atoms with E-state index in [4.69, 9.17) is 4.43 Å². The fraction of sp³-hybridized carbons (Fsp3) is 0.600. The topological polar surface area (TPSA) is 29.5 Å². The summed E-state index contributed by atoms with van der Waals surface area (Å²) in [6.07, 6.45) is 6.79. The number of hydrogen-bond donors (Lipinski definition) is 1. The summed E-state index contributed by atoms with van der Waals surface area (Å²) in [7, 11) is -2.05. The van der Waals surface area contributed by atoms with Gasteiger partial charge in [-0.25, -0.2) is 4.39 Å². The summed E-state index contributed by atoms with van der Waals surface area (Å²) in [5, 5.41) is 10.8. The lowest BCUT2D eigenvalue weighted by molar-refractivity contribution is 0.108. The molecule has 4 heteroatoms. The van der Waals surface area contributed by atoms with Crippen molar-refractivity contribution in [3.05, 3.63) is 58.4 Å². The maximum absolute atomic E-state index is 13.9. The largest absolute Gasteiger partial charge is 0.410 e. The summed E-state index contributed by atoms with van der Waals surface area (Å²) in [5.41, 5.74) is 7.15. The quantitative estimate of drug-likeness (QED) is 0.432. The van der Waals surface area contributed by atoms with Crippen LogP contribution in [0.15, 0.2) is 30.3 Å². The molecular weight excluding hydrogens is 439 g/mol. The molecule has 1 N–H and O–H groups in total. The third-order valence-corrected chi connectivity index (χ3v) is 13.1. The fourth-order valence-electron chi connectivity index (χ4n) is 5.88. The van der Waals surface area contributed by atoms with Crippen molar-refractivity contribution in [2.24, 2.45) is 5.41 Å². The molecule has 0 radical (unpaired) electrons. The number of hydrogen-bond acceptors (Lipinski definition) is 2. The summed E-state index contributed by atoms with van der Waals surface area (Å²) < 4.78 is 21.1. The Balaban J connectivity index is 1.98. The maximum Gasteiger partial charge on any atom is 0.192 e. The van der Waals surface area contributed by atoms with Crippen molar-refractivity contribution in [1.82, 2.24) is 0 Å². The van der Waals surface area contributed by atoms with Gasteiger partial charge in [0.2, 0.25) is 0 Å². The highest BCUT2D eigenvalue weighted by molar-refractivity contribution is 6.74. The van der Waals surface area contributed by atoms with E-state index in [-0.39, 0.29) is 29.0 Å². The minimum Gasteiger partial charge on any atom is -0.410 e. The standard InChI is InChI=1S/C30H43FO2Si/c1-29(2,3)34(6,7)33-26-18-30(4,5)17-22-16-24(20-10-8-9-11-20)25(19-32)27(28(22)26)21-12-14-23(31)15-13-21/h12-16,20,26,32H,8-11,17-19H2,1-7H3. The summed E-state index contributed by atoms with van der Waals surface area (Å²) in [6, 6.07) is 9.26. The highest BCUT2D eigenvalue weighted by Gasteiger charge is 2.44. The zero-order valence-electron chi connectivity index (χ0n) is 22.2. The van der Waals surface area contributed by atoms with Gasteiger partial charge in [-0.3, -0.25) is 0 Å². The van der Waals surface area contributed by atoms with Crippen LogP contribution in [0.1, 0.15) is 101 Å². The second-order valence-corrected chi connectivity index (χ2v) is 17.7. The summed E-state index contributed by atoms with van der Waals surface area (Å²) in [4.78, 5) is 0. The molecule has 2 aliphatic carbocycles. The molecule has 2 aromatic carbocycles. The van der Waals surface area contributed by atoms with Gasteiger partial charge in [0.25, 0.3) is 0 Å². The van der Waals surface area contributed by atoms with E-state index >= 15 is 0 Å². The van der Waals surface area contributed by atoms with Gasteiger partial charge in [-0.15, -0.1) is 0 Å². The SMILES string of the molecule is CC1(C)Cc2cc(C3CCCC3)c(CO)c(-c3ccc(F)cc3)c2C(O[Si](C)(C)C(C)(C)C)C1. The van der Waals surface area contributed by atoms with Crippen LogP contribution >= 0.6 is 0 Å². The molecule has 0 aromatic heterocycles. The van der Waals surface area contributed by atoms with E-state index < -0.39 is 8.32 Å². The van der Waals surface area contributed by atoms with Crippen LogP contribution in [-0.4, -0.2) is 13.4 Å². The van der Waals surface area contributed by atoms with Crippen molar-refractivity contribution >= 4 is 8.32 Å². The summed E-state index contributed by atoms with van der Waals surface area (Å²) >= 11 is 0. The van der Waals surface area contributed by atoms with E-state index in [0.717, 1.165) is 29.5 Å². The van der Waals surface area contributed by atoms with Crippen molar-refractivity contribution in [2.45, 2.75) is 110 Å². The first-order chi connectivity index (χ1) is 15.8. The first kappa shape index (κ1) is 25.6. The smallest absolute Gasteiger partial charge is 0.192 e. The zero-order chi connectivity index (χ0) is 24.9. The molecule has 4 rings (SSSR count). The first-order valence-electron chi connectivity index (χ1n) is 13.1. The third kappa shape index (κ3) is 4.92. The van der Waals surface area contributed by atoms with Crippen LogP contribution in [0.4, 0.5) is 4.39 Å². The molecule has 0 amide bonds. The molecule has 1 atom stereocenters. The van der Waals surface area contributed by atoms with Crippen LogP contribution in [0, 0.1) is 11.2 Å². The minimum absolute atomic E-state index is 0.00201. The Morgan fingerprint density at radius 1 is 1.09 bits per heavy atom. The molecule has 2 aromatic rings. The van der Waals surface area contributed by atoms with Gasteiger partial charge in [0, 0.05) is 0 Å². The maximum atomic E-state index is 13.9. The minimum atomic E-state index is -2.05. The van der Waals surface area contributed by atoms with E-state index in [1.165, 1.54) is 42.4 Å². The monoisotopic (exact) mass is 482 g/mol. The second kappa shape index (κ2) is 9.18. The summed E-state index contributed by atoms with van der Waals surface area (Å²) in [5.74, 6) is 0.266. The molecule has 2 aliphatic rings. The molecule has 0 saturated heterocycles. The van der Waals surface area contributed by atoms with E-state index in [2.05, 4.69) is 53.8 Å². The lowest BCUT2D eigenvalue weighted by atomic mass is 9.69. The number of halogens is 1. The zero-order valence-corrected chi connectivity index (χ0v) is 23.2. The van der Waals surface area contributed by atoms with Gasteiger partial charge in [0.15, 0.2) is 8.32 Å². The number of fused-ring (bicyclic) bond motifs is 1. The van der Waals surface area contributed by atoms with Crippen LogP contribution < -0.4 is 0 Å². The lowest BCUT2D eigenvalue weighted by Gasteiger charge is -2.45. The van der Waals surface area contributed by atoms with Crippen molar-refractivity contribution in [1.29, 1.82) is 0 Å². The van der Waals surface area contributed by atoms with Gasteiger partial charge in [-0.2, -0.15) is 0 Å². The lowest BCUT2D eigenvalue weighted by Crippen LogP contribution is -2.43. The Labute approximate surface area is 207 Å². The predicted octanol–water partition coefficient (Wildman–Crippen LogP) is 8.68. The summed E-state index contributed by atoms with van der Waals surface area (Å²) in [6.45, 7) is 16.2. The molecule has 34 heavy (non-hydrogen) atoms. The van der Waals surface area contributed by atoms with Crippen LogP contribution in [0.25, 0.3) is 11.1 Å². The number of aliphatic hydroxyl groups is 1. The predicted molar refractivity (Wildman–Crippen MR) is 142 cm³/mol. The van der Waals surface area contributed by atoms with E-state index in [1.807, 2.05) is 12.1 Å². The van der Waals surface area contributed by atoms with E-state index in [1.54, 1.807) is 12.1 Å². The van der Waals surface area contributed by atoms with E-state index in [9.17, 15) is 9.50 Å². The van der Waals surface area contributed by atoms with Crippen LogP contribution in [0.2, 0.25) is 18.1 Å². The second-order valence-electron chi connectivity index (χ2n) is 13.0. The highest BCUT2D eigenvalue weighted by Crippen LogP contribution is 2.52. The van der Waals surface area contributed by atoms with Crippen LogP contribution in [0.3, 0.4) is 0 Å². The Bertz CT molecular complexity index is 1030. The average molecular weight is 483 g/mol. The van der Waals surface area contributed by atoms with Crippen molar-refractivity contribution in [2.75, 3.05) is 0 Å². The molecule has 1 saturated carbocycles. The number of benzene rings is 2. The Kier molecular flexibility index (Phi) is 6.91. The Morgan fingerprint density at radius 3 is 2.26 bits per heavy atom. The van der Waals surface area contributed by atoms with Gasteiger partial charge in [-0.1, -0.05) is 65.7 Å². The normalized spacial score (nSPS) is 21.0. The molecule has 0 spiro atoms. The van der Waals surface area contributed by atoms with Gasteiger partial charge >= 0.3 is 0 Å². The van der Waals surface area contributed by atoms with Gasteiger partial charge < -0.3 is 9.53 Å². The molecule has 1 unspecified atom stereocenters. The van der Waals surface area contributed by atoms with Crippen LogP contribution in [-0.2, 0) is 17.5 Å². The fourth-order valence-corrected chi connectivity index (χ4v) is 7.14. The average Bonchev–Trinajstić information content (AvgIpc) is 3.26. The number of aliphatic hydroxyl groups excluding tert-OH is 1. The Morgan fingerprint density at radius 2 is 1.71 bits per heavy atom. The molecule has 1 fully saturated rings. The third-order valence-electron chi connectivity index (χ3n) is 8.65. The molecule has 2 nitrogen and oxygen atoms in total. The van der Waals surface area contributed by atoms with E-state index in [0.29, 0.717) is 5.92 Å². The first-order valence-corrected chi connectivity index (χ1v) is 16.0. The van der Waals surface area contributed by atoms with Gasteiger partial charge in [0.1, 0.15) is 5.82 Å². The van der Waals surface area contributed by atoms with Crippen molar-refractivity contribution in [3.63, 3.8) is 0 Å². The molecule has 0 bridgehead atoms. The number of rotatable bonds is 5. The molecular formula is C30H43FO2Si. The Hall–Kier alpha value is -1.49. The van der Waals surface area contributed by atoms with Gasteiger partial charge in [-0.05, 0) is 101 Å². The molecule has 186 valence electrons. The highest BCUT2D eigenvalue weighted by atomic mass is 28.4. The molecule has 0 heterocycles. The van der Waals surface area contributed by atoms with Crippen molar-refractivity contribution in [3.8, 4) is 11.1 Å². The van der Waals surface area contributed by atoms with Gasteiger partial charge in [0.05, 0.1) is 12.7 Å². The molecule has 0 aliphatic heterocycles.